The van der Waals surface area contributed by atoms with Gasteiger partial charge in [-0.2, -0.15) is 0 Å². The summed E-state index contributed by atoms with van der Waals surface area (Å²) in [7, 11) is -3.85. The van der Waals surface area contributed by atoms with E-state index in [1.165, 1.54) is 17.0 Å². The van der Waals surface area contributed by atoms with Crippen molar-refractivity contribution < 1.29 is 24.4 Å². The summed E-state index contributed by atoms with van der Waals surface area (Å²) < 4.78 is 5.42. The Labute approximate surface area is 218 Å². The largest absolute Gasteiger partial charge is 0.491 e. The van der Waals surface area contributed by atoms with Crippen LogP contribution in [0.15, 0.2) is 12.1 Å². The SMILES string of the molecule is CCN(C(=O)OC(C)(C)C)C(C)C(=O)Nc1ccc(B(O)O)c(C#C[Si](C(C)C)(C(C)C)C(C)C)n1. The number of amides is 2. The van der Waals surface area contributed by atoms with Gasteiger partial charge in [-0.1, -0.05) is 53.5 Å². The third kappa shape index (κ3) is 7.82. The van der Waals surface area contributed by atoms with E-state index >= 15 is 0 Å². The molecule has 1 unspecified atom stereocenters. The molecule has 0 saturated heterocycles. The fourth-order valence-electron chi connectivity index (χ4n) is 4.70. The van der Waals surface area contributed by atoms with E-state index in [9.17, 15) is 19.6 Å². The molecule has 0 aromatic carbocycles. The Morgan fingerprint density at radius 1 is 1.08 bits per heavy atom. The summed E-state index contributed by atoms with van der Waals surface area (Å²) in [6.45, 7) is 22.1. The number of likely N-dealkylation sites (N-methyl/N-ethyl adjacent to an activating group) is 1. The zero-order chi connectivity index (χ0) is 28.0. The molecule has 3 N–H and O–H groups in total. The van der Waals surface area contributed by atoms with Crippen LogP contribution >= 0.6 is 0 Å². The summed E-state index contributed by atoms with van der Waals surface area (Å²) in [5.41, 5.74) is 4.42. The first-order chi connectivity index (χ1) is 16.5. The van der Waals surface area contributed by atoms with Gasteiger partial charge >= 0.3 is 13.2 Å². The van der Waals surface area contributed by atoms with E-state index in [-0.39, 0.29) is 23.5 Å². The van der Waals surface area contributed by atoms with E-state index in [1.807, 2.05) is 0 Å². The Balaban J connectivity index is 3.36. The van der Waals surface area contributed by atoms with Crippen molar-refractivity contribution in [3.05, 3.63) is 17.8 Å². The number of nitrogens with one attached hydrogen (secondary N) is 1. The molecule has 0 spiro atoms. The Morgan fingerprint density at radius 3 is 2.03 bits per heavy atom. The number of carbonyl (C=O) groups is 2. The third-order valence-electron chi connectivity index (χ3n) is 6.53. The maximum absolute atomic E-state index is 13.0. The number of ether oxygens (including phenoxy) is 1. The molecule has 8 nitrogen and oxygen atoms in total. The van der Waals surface area contributed by atoms with Crippen LogP contribution in [0.25, 0.3) is 0 Å². The van der Waals surface area contributed by atoms with Gasteiger partial charge in [-0.25, -0.2) is 9.78 Å². The molecule has 36 heavy (non-hydrogen) atoms. The lowest BCUT2D eigenvalue weighted by Gasteiger charge is -2.38. The minimum atomic E-state index is -2.10. The van der Waals surface area contributed by atoms with E-state index in [0.29, 0.717) is 16.6 Å². The Hall–Kier alpha value is -2.35. The van der Waals surface area contributed by atoms with Gasteiger partial charge < -0.3 is 20.1 Å². The summed E-state index contributed by atoms with van der Waals surface area (Å²) in [5.74, 6) is 2.92. The van der Waals surface area contributed by atoms with Gasteiger partial charge in [-0.15, -0.1) is 5.54 Å². The highest BCUT2D eigenvalue weighted by Crippen LogP contribution is 2.40. The van der Waals surface area contributed by atoms with Crippen LogP contribution in [0, 0.1) is 11.5 Å². The highest BCUT2D eigenvalue weighted by Gasteiger charge is 2.41. The smallest absolute Gasteiger partial charge is 0.444 e. The molecular formula is C26H44BN3O5Si. The van der Waals surface area contributed by atoms with Crippen molar-refractivity contribution in [1.29, 1.82) is 0 Å². The second-order valence-electron chi connectivity index (χ2n) is 11.1. The van der Waals surface area contributed by atoms with Crippen LogP contribution in [0.4, 0.5) is 10.6 Å². The fraction of sp³-hybridized carbons (Fsp3) is 0.654. The molecular weight excluding hydrogens is 473 g/mol. The summed E-state index contributed by atoms with van der Waals surface area (Å²) in [6.07, 6.45) is -0.580. The third-order valence-corrected chi connectivity index (χ3v) is 12.8. The minimum absolute atomic E-state index is 0.177. The number of carbonyl (C=O) groups excluding carboxylic acids is 2. The molecule has 0 radical (unpaired) electrons. The molecule has 0 saturated carbocycles. The van der Waals surface area contributed by atoms with Crippen molar-refractivity contribution in [2.24, 2.45) is 0 Å². The van der Waals surface area contributed by atoms with Crippen LogP contribution in [-0.2, 0) is 9.53 Å². The van der Waals surface area contributed by atoms with Gasteiger partial charge in [0.2, 0.25) is 5.91 Å². The monoisotopic (exact) mass is 517 g/mol. The maximum Gasteiger partial charge on any atom is 0.491 e. The van der Waals surface area contributed by atoms with E-state index in [2.05, 4.69) is 63.3 Å². The summed E-state index contributed by atoms with van der Waals surface area (Å²) >= 11 is 0. The normalized spacial score (nSPS) is 12.8. The Bertz CT molecular complexity index is 958. The predicted molar refractivity (Wildman–Crippen MR) is 149 cm³/mol. The highest BCUT2D eigenvalue weighted by molar-refractivity contribution is 6.90. The topological polar surface area (TPSA) is 112 Å². The minimum Gasteiger partial charge on any atom is -0.444 e. The van der Waals surface area contributed by atoms with Crippen LogP contribution in [0.2, 0.25) is 16.6 Å². The molecule has 2 amide bonds. The zero-order valence-electron chi connectivity index (χ0n) is 23.8. The van der Waals surface area contributed by atoms with Gasteiger partial charge in [0.25, 0.3) is 0 Å². The number of aromatic nitrogens is 1. The molecule has 0 aliphatic carbocycles. The molecule has 1 atom stereocenters. The Morgan fingerprint density at radius 2 is 1.61 bits per heavy atom. The summed E-state index contributed by atoms with van der Waals surface area (Å²) in [4.78, 5) is 31.3. The van der Waals surface area contributed by atoms with Crippen LogP contribution < -0.4 is 10.8 Å². The molecule has 1 rings (SSSR count). The van der Waals surface area contributed by atoms with Crippen molar-refractivity contribution in [1.82, 2.24) is 9.88 Å². The number of nitrogens with zero attached hydrogens (tertiary/aromatic N) is 2. The van der Waals surface area contributed by atoms with Crippen LogP contribution in [-0.4, -0.2) is 65.3 Å². The van der Waals surface area contributed by atoms with Gasteiger partial charge in [0.05, 0.1) is 0 Å². The van der Waals surface area contributed by atoms with Crippen molar-refractivity contribution in [3.63, 3.8) is 0 Å². The summed E-state index contributed by atoms with van der Waals surface area (Å²) in [5, 5.41) is 22.5. The van der Waals surface area contributed by atoms with Gasteiger partial charge in [0, 0.05) is 12.0 Å². The number of hydrogen-bond acceptors (Lipinski definition) is 6. The molecule has 0 fully saturated rings. The molecule has 10 heteroatoms. The van der Waals surface area contributed by atoms with Crippen molar-refractivity contribution >= 4 is 38.5 Å². The number of pyridine rings is 1. The second-order valence-corrected chi connectivity index (χ2v) is 16.7. The first-order valence-electron chi connectivity index (χ1n) is 12.7. The zero-order valence-corrected chi connectivity index (χ0v) is 24.8. The number of anilines is 1. The molecule has 200 valence electrons. The van der Waals surface area contributed by atoms with Gasteiger partial charge in [-0.3, -0.25) is 9.69 Å². The quantitative estimate of drug-likeness (QED) is 0.356. The molecule has 1 heterocycles. The Kier molecular flexibility index (Phi) is 11.2. The van der Waals surface area contributed by atoms with Crippen LogP contribution in [0.5, 0.6) is 0 Å². The van der Waals surface area contributed by atoms with Crippen LogP contribution in [0.3, 0.4) is 0 Å². The fourth-order valence-corrected chi connectivity index (χ4v) is 9.90. The predicted octanol–water partition coefficient (Wildman–Crippen LogP) is 3.91. The highest BCUT2D eigenvalue weighted by atomic mass is 28.3. The van der Waals surface area contributed by atoms with Crippen molar-refractivity contribution in [2.75, 3.05) is 11.9 Å². The summed E-state index contributed by atoms with van der Waals surface area (Å²) in [6, 6.07) is 2.18. The van der Waals surface area contributed by atoms with E-state index in [0.717, 1.165) is 0 Å². The number of rotatable bonds is 8. The van der Waals surface area contributed by atoms with Gasteiger partial charge in [-0.05, 0) is 57.3 Å². The van der Waals surface area contributed by atoms with E-state index < -0.39 is 38.8 Å². The molecule has 0 aliphatic rings. The first kappa shape index (κ1) is 31.7. The lowest BCUT2D eigenvalue weighted by molar-refractivity contribution is -0.120. The lowest BCUT2D eigenvalue weighted by Crippen LogP contribution is -2.47. The lowest BCUT2D eigenvalue weighted by atomic mass is 9.79. The molecule has 1 aromatic rings. The molecule has 0 aliphatic heterocycles. The maximum atomic E-state index is 13.0. The van der Waals surface area contributed by atoms with Gasteiger partial charge in [0.15, 0.2) is 0 Å². The second kappa shape index (κ2) is 12.8. The van der Waals surface area contributed by atoms with Crippen molar-refractivity contribution in [3.8, 4) is 11.5 Å². The van der Waals surface area contributed by atoms with Gasteiger partial charge in [0.1, 0.15) is 31.2 Å². The average Bonchev–Trinajstić information content (AvgIpc) is 2.72. The van der Waals surface area contributed by atoms with E-state index in [4.69, 9.17) is 4.74 Å². The standard InChI is InChI=1S/C26H44BN3O5Si/c1-12-30(25(32)35-26(9,10)11)20(8)24(31)29-23-14-13-21(27(33)34)22(28-23)15-16-36(17(2)3,18(4)5)19(6)7/h13-14,17-20,33-34H,12H2,1-11H3,(H,28,29,31). The number of hydrogen-bond donors (Lipinski definition) is 3. The van der Waals surface area contributed by atoms with E-state index in [1.54, 1.807) is 34.6 Å². The van der Waals surface area contributed by atoms with Crippen LogP contribution in [0.1, 0.15) is 81.9 Å². The van der Waals surface area contributed by atoms with Crippen molar-refractivity contribution in [2.45, 2.75) is 104 Å². The average molecular weight is 518 g/mol. The first-order valence-corrected chi connectivity index (χ1v) is 14.9. The molecule has 0 bridgehead atoms. The molecule has 1 aromatic heterocycles.